The zero-order valence-corrected chi connectivity index (χ0v) is 10.1. The van der Waals surface area contributed by atoms with Crippen molar-refractivity contribution < 1.29 is 0 Å². The van der Waals surface area contributed by atoms with Crippen molar-refractivity contribution in [1.29, 1.82) is 0 Å². The van der Waals surface area contributed by atoms with Crippen molar-refractivity contribution in [1.82, 2.24) is 0 Å². The first-order chi connectivity index (χ1) is 7.29. The lowest BCUT2D eigenvalue weighted by Crippen LogP contribution is -1.86. The van der Waals surface area contributed by atoms with E-state index in [1.807, 2.05) is 7.05 Å². The summed E-state index contributed by atoms with van der Waals surface area (Å²) in [6, 6.07) is 16.7. The second-order valence-electron chi connectivity index (χ2n) is 3.33. The van der Waals surface area contributed by atoms with Crippen molar-refractivity contribution in [2.24, 2.45) is 0 Å². The van der Waals surface area contributed by atoms with Crippen molar-refractivity contribution in [3.8, 4) is 11.1 Å². The zero-order chi connectivity index (χ0) is 10.7. The predicted molar refractivity (Wildman–Crippen MR) is 69.1 cm³/mol. The number of benzene rings is 2. The predicted octanol–water partition coefficient (Wildman–Crippen LogP) is 4.16. The molecule has 0 fully saturated rings. The molecule has 15 heavy (non-hydrogen) atoms. The van der Waals surface area contributed by atoms with E-state index >= 15 is 0 Å². The molecule has 0 bridgehead atoms. The Morgan fingerprint density at radius 2 is 1.27 bits per heavy atom. The summed E-state index contributed by atoms with van der Waals surface area (Å²) in [7, 11) is 1.93. The molecular formula is C13H12BrN. The standard InChI is InChI=1S/C13H12BrN/c1-15-13-8-4-11(5-9-13)10-2-6-12(14)7-3-10/h2-9,15H,1H3. The summed E-state index contributed by atoms with van der Waals surface area (Å²) in [5, 5.41) is 3.11. The van der Waals surface area contributed by atoms with Crippen molar-refractivity contribution in [2.45, 2.75) is 0 Å². The molecule has 2 aromatic rings. The first-order valence-corrected chi connectivity index (χ1v) is 5.62. The van der Waals surface area contributed by atoms with Crippen molar-refractivity contribution >= 4 is 21.6 Å². The summed E-state index contributed by atoms with van der Waals surface area (Å²) >= 11 is 3.43. The van der Waals surface area contributed by atoms with Gasteiger partial charge in [0.2, 0.25) is 0 Å². The maximum absolute atomic E-state index is 3.43. The Balaban J connectivity index is 2.33. The van der Waals surface area contributed by atoms with Crippen molar-refractivity contribution in [3.05, 3.63) is 53.0 Å². The SMILES string of the molecule is CNc1ccc(-c2ccc(Br)cc2)cc1. The van der Waals surface area contributed by atoms with Crippen molar-refractivity contribution in [3.63, 3.8) is 0 Å². The molecular weight excluding hydrogens is 250 g/mol. The zero-order valence-electron chi connectivity index (χ0n) is 8.50. The summed E-state index contributed by atoms with van der Waals surface area (Å²) in [5.74, 6) is 0. The lowest BCUT2D eigenvalue weighted by atomic mass is 10.1. The van der Waals surface area contributed by atoms with Gasteiger partial charge in [0.15, 0.2) is 0 Å². The highest BCUT2D eigenvalue weighted by molar-refractivity contribution is 9.10. The summed E-state index contributed by atoms with van der Waals surface area (Å²) < 4.78 is 1.11. The summed E-state index contributed by atoms with van der Waals surface area (Å²) in [6.07, 6.45) is 0. The first kappa shape index (κ1) is 10.2. The van der Waals surface area contributed by atoms with Crippen molar-refractivity contribution in [2.75, 3.05) is 12.4 Å². The van der Waals surface area contributed by atoms with Crippen LogP contribution in [0.5, 0.6) is 0 Å². The maximum atomic E-state index is 3.43. The second-order valence-corrected chi connectivity index (χ2v) is 4.25. The Hall–Kier alpha value is -1.28. The van der Waals surface area contributed by atoms with Crippen LogP contribution in [0.15, 0.2) is 53.0 Å². The third-order valence-corrected chi connectivity index (χ3v) is 2.88. The third-order valence-electron chi connectivity index (χ3n) is 2.35. The minimum Gasteiger partial charge on any atom is -0.388 e. The van der Waals surface area contributed by atoms with E-state index in [9.17, 15) is 0 Å². The number of rotatable bonds is 2. The van der Waals surface area contributed by atoms with Gasteiger partial charge in [-0.25, -0.2) is 0 Å². The molecule has 1 nitrogen and oxygen atoms in total. The van der Waals surface area contributed by atoms with Crippen LogP contribution in [0.2, 0.25) is 0 Å². The van der Waals surface area contributed by atoms with Crippen LogP contribution < -0.4 is 5.32 Å². The van der Waals surface area contributed by atoms with Crippen LogP contribution >= 0.6 is 15.9 Å². The maximum Gasteiger partial charge on any atom is 0.0337 e. The molecule has 0 aliphatic carbocycles. The van der Waals surface area contributed by atoms with Crippen LogP contribution in [0, 0.1) is 0 Å². The highest BCUT2D eigenvalue weighted by Crippen LogP contribution is 2.22. The quantitative estimate of drug-likeness (QED) is 0.856. The van der Waals surface area contributed by atoms with Gasteiger partial charge in [0.1, 0.15) is 0 Å². The molecule has 76 valence electrons. The van der Waals surface area contributed by atoms with Gasteiger partial charge < -0.3 is 5.32 Å². The topological polar surface area (TPSA) is 12.0 Å². The Morgan fingerprint density at radius 3 is 1.73 bits per heavy atom. The van der Waals surface area contributed by atoms with E-state index in [2.05, 4.69) is 69.8 Å². The fourth-order valence-electron chi connectivity index (χ4n) is 1.47. The number of halogens is 1. The molecule has 2 rings (SSSR count). The molecule has 0 radical (unpaired) electrons. The van der Waals surface area contributed by atoms with Crippen LogP contribution in [0.3, 0.4) is 0 Å². The average Bonchev–Trinajstić information content (AvgIpc) is 2.30. The molecule has 0 unspecified atom stereocenters. The Labute approximate surface area is 98.3 Å². The molecule has 1 N–H and O–H groups in total. The van der Waals surface area contributed by atoms with E-state index in [-0.39, 0.29) is 0 Å². The molecule has 2 heteroatoms. The van der Waals surface area contributed by atoms with Gasteiger partial charge in [-0.1, -0.05) is 40.2 Å². The summed E-state index contributed by atoms with van der Waals surface area (Å²) in [6.45, 7) is 0. The molecule has 0 aromatic heterocycles. The van der Waals surface area contributed by atoms with Crippen LogP contribution in [0.4, 0.5) is 5.69 Å². The van der Waals surface area contributed by atoms with Crippen LogP contribution in [-0.4, -0.2) is 7.05 Å². The minimum atomic E-state index is 1.11. The molecule has 0 amide bonds. The van der Waals surface area contributed by atoms with Gasteiger partial charge in [-0.15, -0.1) is 0 Å². The average molecular weight is 262 g/mol. The molecule has 0 aliphatic heterocycles. The van der Waals surface area contributed by atoms with Gasteiger partial charge in [-0.3, -0.25) is 0 Å². The lowest BCUT2D eigenvalue weighted by molar-refractivity contribution is 1.51. The van der Waals surface area contributed by atoms with Gasteiger partial charge in [-0.2, -0.15) is 0 Å². The molecule has 0 saturated carbocycles. The summed E-state index contributed by atoms with van der Waals surface area (Å²) in [5.41, 5.74) is 3.61. The number of hydrogen-bond donors (Lipinski definition) is 1. The van der Waals surface area contributed by atoms with Crippen LogP contribution in [-0.2, 0) is 0 Å². The molecule has 0 heterocycles. The minimum absolute atomic E-state index is 1.11. The first-order valence-electron chi connectivity index (χ1n) is 4.83. The fourth-order valence-corrected chi connectivity index (χ4v) is 1.74. The fraction of sp³-hybridized carbons (Fsp3) is 0.0769. The van der Waals surface area contributed by atoms with Gasteiger partial charge in [-0.05, 0) is 35.4 Å². The van der Waals surface area contributed by atoms with E-state index in [0.29, 0.717) is 0 Å². The normalized spacial score (nSPS) is 10.0. The molecule has 0 atom stereocenters. The Kier molecular flexibility index (Phi) is 3.07. The number of nitrogens with one attached hydrogen (secondary N) is 1. The van der Waals surface area contributed by atoms with Crippen LogP contribution in [0.25, 0.3) is 11.1 Å². The molecule has 0 spiro atoms. The van der Waals surface area contributed by atoms with Gasteiger partial charge in [0.25, 0.3) is 0 Å². The molecule has 2 aromatic carbocycles. The second kappa shape index (κ2) is 4.49. The van der Waals surface area contributed by atoms with Gasteiger partial charge in [0, 0.05) is 17.2 Å². The smallest absolute Gasteiger partial charge is 0.0337 e. The van der Waals surface area contributed by atoms with E-state index < -0.39 is 0 Å². The Bertz CT molecular complexity index is 431. The molecule has 0 aliphatic rings. The van der Waals surface area contributed by atoms with Gasteiger partial charge >= 0.3 is 0 Å². The number of hydrogen-bond acceptors (Lipinski definition) is 1. The van der Waals surface area contributed by atoms with E-state index in [1.165, 1.54) is 11.1 Å². The lowest BCUT2D eigenvalue weighted by Gasteiger charge is -2.04. The molecule has 0 saturated heterocycles. The van der Waals surface area contributed by atoms with Gasteiger partial charge in [0.05, 0.1) is 0 Å². The van der Waals surface area contributed by atoms with E-state index in [1.54, 1.807) is 0 Å². The highest BCUT2D eigenvalue weighted by Gasteiger charge is 1.96. The Morgan fingerprint density at radius 1 is 0.800 bits per heavy atom. The monoisotopic (exact) mass is 261 g/mol. The third kappa shape index (κ3) is 2.39. The van der Waals surface area contributed by atoms with E-state index in [0.717, 1.165) is 10.2 Å². The largest absolute Gasteiger partial charge is 0.388 e. The number of anilines is 1. The van der Waals surface area contributed by atoms with E-state index in [4.69, 9.17) is 0 Å². The highest BCUT2D eigenvalue weighted by atomic mass is 79.9. The van der Waals surface area contributed by atoms with Crippen LogP contribution in [0.1, 0.15) is 0 Å². The summed E-state index contributed by atoms with van der Waals surface area (Å²) in [4.78, 5) is 0.